The number of fused-ring (bicyclic) bond motifs is 6. The van der Waals surface area contributed by atoms with E-state index in [9.17, 15) is 4.39 Å². The van der Waals surface area contributed by atoms with E-state index < -0.39 is 17.6 Å². The van der Waals surface area contributed by atoms with Gasteiger partial charge in [-0.25, -0.2) is 4.39 Å². The van der Waals surface area contributed by atoms with Gasteiger partial charge in [0.1, 0.15) is 11.4 Å². The van der Waals surface area contributed by atoms with Crippen molar-refractivity contribution in [2.24, 2.45) is 0 Å². The molecule has 0 aliphatic carbocycles. The first-order chi connectivity index (χ1) is 24.1. The maximum Gasteiger partial charge on any atom is 0.420 e. The second-order valence-electron chi connectivity index (χ2n) is 15.6. The maximum absolute atomic E-state index is 16.1. The van der Waals surface area contributed by atoms with E-state index in [1.807, 2.05) is 72.8 Å². The lowest BCUT2D eigenvalue weighted by Gasteiger charge is -2.24. The molecule has 51 heavy (non-hydrogen) atoms. The lowest BCUT2D eigenvalue weighted by molar-refractivity contribution is -0.137. The molecule has 0 saturated heterocycles. The number of nitrogens with zero attached hydrogens (tertiary/aromatic N) is 2. The third kappa shape index (κ3) is 5.40. The number of rotatable bonds is 3. The molecule has 2 heterocycles. The molecule has 6 heteroatoms. The Labute approximate surface area is 294 Å². The molecule has 0 bridgehead atoms. The van der Waals surface area contributed by atoms with Gasteiger partial charge in [0.2, 0.25) is 0 Å². The van der Waals surface area contributed by atoms with Crippen LogP contribution in [-0.2, 0) is 17.0 Å². The quantitative estimate of drug-likeness (QED) is 0.164. The fourth-order valence-electron chi connectivity index (χ4n) is 7.46. The lowest BCUT2D eigenvalue weighted by atomic mass is 9.86. The minimum atomic E-state index is -4.76. The molecule has 2 nitrogen and oxygen atoms in total. The second kappa shape index (κ2) is 11.3. The van der Waals surface area contributed by atoms with Crippen LogP contribution in [0.2, 0.25) is 0 Å². The Morgan fingerprint density at radius 2 is 0.843 bits per heavy atom. The Kier molecular flexibility index (Phi) is 7.29. The van der Waals surface area contributed by atoms with Crippen molar-refractivity contribution < 1.29 is 17.6 Å². The second-order valence-corrected chi connectivity index (χ2v) is 15.6. The first-order valence-electron chi connectivity index (χ1n) is 17.2. The summed E-state index contributed by atoms with van der Waals surface area (Å²) in [6.07, 6.45) is -4.76. The minimum Gasteiger partial charge on any atom is -0.309 e. The first-order valence-corrected chi connectivity index (χ1v) is 17.2. The van der Waals surface area contributed by atoms with Crippen LogP contribution in [0.25, 0.3) is 66.1 Å². The summed E-state index contributed by atoms with van der Waals surface area (Å²) in [5, 5.41) is 3.46. The highest BCUT2D eigenvalue weighted by atomic mass is 19.4. The van der Waals surface area contributed by atoms with Gasteiger partial charge in [0.15, 0.2) is 0 Å². The molecule has 0 unspecified atom stereocenters. The zero-order valence-electron chi connectivity index (χ0n) is 29.5. The molecule has 0 amide bonds. The summed E-state index contributed by atoms with van der Waals surface area (Å²) in [5.74, 6) is -0.416. The highest BCUT2D eigenvalue weighted by Gasteiger charge is 2.39. The summed E-state index contributed by atoms with van der Waals surface area (Å²) in [5.41, 5.74) is 4.69. The molecule has 2 aromatic heterocycles. The van der Waals surface area contributed by atoms with Gasteiger partial charge in [0.25, 0.3) is 0 Å². The predicted molar refractivity (Wildman–Crippen MR) is 203 cm³/mol. The molecule has 8 aromatic rings. The van der Waals surface area contributed by atoms with Crippen molar-refractivity contribution in [1.29, 1.82) is 0 Å². The maximum atomic E-state index is 16.1. The molecule has 0 N–H and O–H groups in total. The van der Waals surface area contributed by atoms with E-state index in [2.05, 4.69) is 53.7 Å². The van der Waals surface area contributed by atoms with E-state index in [0.717, 1.165) is 32.7 Å². The molecule has 0 radical (unpaired) electrons. The zero-order valence-corrected chi connectivity index (χ0v) is 29.5. The van der Waals surface area contributed by atoms with E-state index in [1.54, 1.807) is 33.4 Å². The van der Waals surface area contributed by atoms with Gasteiger partial charge in [0, 0.05) is 21.5 Å². The first kappa shape index (κ1) is 32.8. The van der Waals surface area contributed by atoms with Gasteiger partial charge in [-0.1, -0.05) is 114 Å². The lowest BCUT2D eigenvalue weighted by Crippen LogP contribution is -2.16. The summed E-state index contributed by atoms with van der Waals surface area (Å²) in [6.45, 7) is 12.6. The Bertz CT molecular complexity index is 2490. The van der Waals surface area contributed by atoms with Crippen LogP contribution < -0.4 is 0 Å². The van der Waals surface area contributed by atoms with Crippen LogP contribution in [0.3, 0.4) is 0 Å². The zero-order chi connectivity index (χ0) is 36.0. The molecular formula is C45H38F4N2. The summed E-state index contributed by atoms with van der Waals surface area (Å²) in [7, 11) is 0. The van der Waals surface area contributed by atoms with Crippen molar-refractivity contribution >= 4 is 43.6 Å². The molecule has 6 aromatic carbocycles. The summed E-state index contributed by atoms with van der Waals surface area (Å²) in [6, 6.07) is 36.6. The standard InChI is InChI=1S/C45H38F4N2/c1-43(2,3)29-17-21-34-32-11-7-9-13-36(32)50(38(34)25-29)40-23-28(27-15-19-31(46)20-16-27)24-41(42(40)45(47,48)49)51-37-14-10-8-12-33(37)35-22-18-30(26-39(35)51)44(4,5)6/h7-26H,1-6H3. The Balaban J connectivity index is 1.60. The average molecular weight is 683 g/mol. The number of halogens is 4. The van der Waals surface area contributed by atoms with Crippen molar-refractivity contribution in [3.63, 3.8) is 0 Å². The number of benzene rings is 6. The fraction of sp³-hybridized carbons (Fsp3) is 0.200. The third-order valence-electron chi connectivity index (χ3n) is 10.1. The highest BCUT2D eigenvalue weighted by Crippen LogP contribution is 2.46. The van der Waals surface area contributed by atoms with Crippen LogP contribution in [0.1, 0.15) is 58.2 Å². The SMILES string of the molecule is CC(C)(C)c1ccc2c3ccccc3n(-c3cc(-c4ccc(F)cc4)cc(-n4c5ccccc5c5ccc(C(C)(C)C)cc54)c3C(F)(F)F)c2c1. The van der Waals surface area contributed by atoms with Crippen LogP contribution >= 0.6 is 0 Å². The molecule has 0 fully saturated rings. The van der Waals surface area contributed by atoms with E-state index in [-0.39, 0.29) is 22.2 Å². The van der Waals surface area contributed by atoms with Crippen molar-refractivity contribution in [2.75, 3.05) is 0 Å². The van der Waals surface area contributed by atoms with Crippen molar-refractivity contribution in [2.45, 2.75) is 58.5 Å². The summed E-state index contributed by atoms with van der Waals surface area (Å²) < 4.78 is 66.2. The number of hydrogen-bond donors (Lipinski definition) is 0. The van der Waals surface area contributed by atoms with E-state index in [1.165, 1.54) is 12.1 Å². The highest BCUT2D eigenvalue weighted by molar-refractivity contribution is 6.11. The predicted octanol–water partition coefficient (Wildman–Crippen LogP) is 13.3. The van der Waals surface area contributed by atoms with Crippen molar-refractivity contribution in [3.05, 3.63) is 144 Å². The summed E-state index contributed by atoms with van der Waals surface area (Å²) >= 11 is 0. The molecule has 256 valence electrons. The Morgan fingerprint density at radius 3 is 1.25 bits per heavy atom. The monoisotopic (exact) mass is 682 g/mol. The molecule has 0 aliphatic rings. The van der Waals surface area contributed by atoms with Gasteiger partial charge < -0.3 is 9.13 Å². The molecule has 0 atom stereocenters. The molecule has 0 aliphatic heterocycles. The van der Waals surface area contributed by atoms with Gasteiger partial charge in [-0.05, 0) is 81.6 Å². The van der Waals surface area contributed by atoms with Gasteiger partial charge in [-0.15, -0.1) is 0 Å². The van der Waals surface area contributed by atoms with Crippen molar-refractivity contribution in [3.8, 4) is 22.5 Å². The smallest absolute Gasteiger partial charge is 0.309 e. The number of aromatic nitrogens is 2. The normalized spacial score (nSPS) is 12.9. The number of hydrogen-bond acceptors (Lipinski definition) is 0. The van der Waals surface area contributed by atoms with Crippen LogP contribution in [0, 0.1) is 5.82 Å². The molecular weight excluding hydrogens is 645 g/mol. The summed E-state index contributed by atoms with van der Waals surface area (Å²) in [4.78, 5) is 0. The van der Waals surface area contributed by atoms with E-state index in [4.69, 9.17) is 0 Å². The molecule has 0 saturated carbocycles. The van der Waals surface area contributed by atoms with Crippen LogP contribution in [0.15, 0.2) is 121 Å². The molecule has 8 rings (SSSR count). The van der Waals surface area contributed by atoms with Crippen LogP contribution in [-0.4, -0.2) is 9.13 Å². The largest absolute Gasteiger partial charge is 0.420 e. The van der Waals surface area contributed by atoms with Gasteiger partial charge >= 0.3 is 6.18 Å². The van der Waals surface area contributed by atoms with Crippen LogP contribution in [0.5, 0.6) is 0 Å². The van der Waals surface area contributed by atoms with Gasteiger partial charge in [0.05, 0.1) is 33.4 Å². The van der Waals surface area contributed by atoms with Gasteiger partial charge in [-0.2, -0.15) is 13.2 Å². The average Bonchev–Trinajstić information content (AvgIpc) is 3.59. The van der Waals surface area contributed by atoms with E-state index >= 15 is 13.2 Å². The molecule has 0 spiro atoms. The number of alkyl halides is 3. The van der Waals surface area contributed by atoms with Crippen molar-refractivity contribution in [1.82, 2.24) is 9.13 Å². The topological polar surface area (TPSA) is 9.86 Å². The van der Waals surface area contributed by atoms with Gasteiger partial charge in [-0.3, -0.25) is 0 Å². The minimum absolute atomic E-state index is 0.00879. The Hall–Kier alpha value is -5.36. The fourth-order valence-corrected chi connectivity index (χ4v) is 7.46. The number of para-hydroxylation sites is 2. The Morgan fingerprint density at radius 1 is 0.431 bits per heavy atom. The van der Waals surface area contributed by atoms with Crippen LogP contribution in [0.4, 0.5) is 17.6 Å². The third-order valence-corrected chi connectivity index (χ3v) is 10.1. The van der Waals surface area contributed by atoms with E-state index in [0.29, 0.717) is 33.2 Å².